The molecule has 0 fully saturated rings. The maximum absolute atomic E-state index is 14.0. The van der Waals surface area contributed by atoms with Gasteiger partial charge in [-0.3, -0.25) is 9.36 Å². The number of allylic oxidation sites excluding steroid dienone is 1. The van der Waals surface area contributed by atoms with Crippen LogP contribution in [-0.2, 0) is 6.42 Å². The number of phenols is 1. The lowest BCUT2D eigenvalue weighted by atomic mass is 9.83. The number of hydrogen-bond donors (Lipinski definition) is 1. The molecule has 0 saturated carbocycles. The third kappa shape index (κ3) is 4.28. The van der Waals surface area contributed by atoms with E-state index in [2.05, 4.69) is 63.4 Å². The molecular formula is C29H22I2N2O4S. The first-order valence-corrected chi connectivity index (χ1v) is 14.9. The zero-order valence-corrected chi connectivity index (χ0v) is 25.6. The van der Waals surface area contributed by atoms with Crippen molar-refractivity contribution in [1.82, 2.24) is 4.57 Å². The number of fused-ring (bicyclic) bond motifs is 3. The zero-order valence-electron chi connectivity index (χ0n) is 20.5. The van der Waals surface area contributed by atoms with Gasteiger partial charge in [0.2, 0.25) is 0 Å². The number of phenolic OH excluding ortho intramolecular Hbond substituents is 1. The van der Waals surface area contributed by atoms with Crippen LogP contribution in [-0.4, -0.2) is 23.9 Å². The SMILES string of the molecule is COc1ccc(C2C3=C(N=c4s/c(=C/c5cc(I)c(O)c(I)c5)c(=O)n42)c2ccccc2CC3)cc1OC. The molecule has 1 aliphatic carbocycles. The van der Waals surface area contributed by atoms with E-state index in [1.165, 1.54) is 16.9 Å². The maximum atomic E-state index is 14.0. The van der Waals surface area contributed by atoms with Crippen molar-refractivity contribution in [2.75, 3.05) is 14.2 Å². The lowest BCUT2D eigenvalue weighted by Crippen LogP contribution is -2.38. The second-order valence-electron chi connectivity index (χ2n) is 9.06. The Balaban J connectivity index is 1.62. The minimum atomic E-state index is -0.309. The number of halogens is 2. The first-order valence-electron chi connectivity index (χ1n) is 11.9. The van der Waals surface area contributed by atoms with Crippen LogP contribution in [0.5, 0.6) is 17.2 Å². The first-order chi connectivity index (χ1) is 18.4. The van der Waals surface area contributed by atoms with E-state index in [1.54, 1.807) is 14.2 Å². The molecule has 38 heavy (non-hydrogen) atoms. The van der Waals surface area contributed by atoms with Gasteiger partial charge in [0.05, 0.1) is 37.6 Å². The van der Waals surface area contributed by atoms with E-state index in [4.69, 9.17) is 14.5 Å². The van der Waals surface area contributed by atoms with E-state index in [1.807, 2.05) is 47.0 Å². The number of aromatic hydroxyl groups is 1. The Hall–Kier alpha value is -2.64. The molecule has 1 N–H and O–H groups in total. The monoisotopic (exact) mass is 748 g/mol. The Morgan fingerprint density at radius 1 is 1.03 bits per heavy atom. The molecule has 2 aliphatic rings. The fourth-order valence-electron chi connectivity index (χ4n) is 5.17. The molecule has 0 amide bonds. The molecule has 0 spiro atoms. The zero-order chi connectivity index (χ0) is 26.6. The molecular weight excluding hydrogens is 726 g/mol. The van der Waals surface area contributed by atoms with E-state index >= 15 is 0 Å². The van der Waals surface area contributed by atoms with E-state index in [9.17, 15) is 9.90 Å². The molecule has 1 aromatic heterocycles. The van der Waals surface area contributed by atoms with Gasteiger partial charge in [-0.05, 0) is 111 Å². The van der Waals surface area contributed by atoms with Crippen molar-refractivity contribution >= 4 is 68.3 Å². The van der Waals surface area contributed by atoms with Crippen LogP contribution in [0.1, 0.15) is 34.7 Å². The predicted octanol–water partition coefficient (Wildman–Crippen LogP) is 5.25. The molecule has 6 rings (SSSR count). The molecule has 1 aliphatic heterocycles. The van der Waals surface area contributed by atoms with Gasteiger partial charge in [-0.25, -0.2) is 4.99 Å². The number of thiazole rings is 1. The quantitative estimate of drug-likeness (QED) is 0.290. The largest absolute Gasteiger partial charge is 0.506 e. The summed E-state index contributed by atoms with van der Waals surface area (Å²) in [6, 6.07) is 17.7. The topological polar surface area (TPSA) is 73.0 Å². The Bertz CT molecular complexity index is 1800. The summed E-state index contributed by atoms with van der Waals surface area (Å²) in [7, 11) is 3.24. The molecule has 1 unspecified atom stereocenters. The average molecular weight is 748 g/mol. The predicted molar refractivity (Wildman–Crippen MR) is 166 cm³/mol. The van der Waals surface area contributed by atoms with Gasteiger partial charge < -0.3 is 14.6 Å². The molecule has 0 radical (unpaired) electrons. The van der Waals surface area contributed by atoms with Gasteiger partial charge in [0.15, 0.2) is 16.3 Å². The van der Waals surface area contributed by atoms with E-state index in [-0.39, 0.29) is 17.4 Å². The highest BCUT2D eigenvalue weighted by Gasteiger charge is 2.33. The van der Waals surface area contributed by atoms with Crippen molar-refractivity contribution in [2.24, 2.45) is 4.99 Å². The van der Waals surface area contributed by atoms with Gasteiger partial charge in [-0.2, -0.15) is 0 Å². The first kappa shape index (κ1) is 25.6. The summed E-state index contributed by atoms with van der Waals surface area (Å²) < 4.78 is 15.0. The van der Waals surface area contributed by atoms with Gasteiger partial charge in [0.1, 0.15) is 5.75 Å². The number of ether oxygens (including phenoxy) is 2. The summed E-state index contributed by atoms with van der Waals surface area (Å²) in [4.78, 5) is 19.7. The number of hydrogen-bond acceptors (Lipinski definition) is 6. The summed E-state index contributed by atoms with van der Waals surface area (Å²) in [5, 5.41) is 10.2. The van der Waals surface area contributed by atoms with Crippen LogP contribution in [0.15, 0.2) is 70.0 Å². The lowest BCUT2D eigenvalue weighted by Gasteiger charge is -2.31. The molecule has 2 heterocycles. The average Bonchev–Trinajstić information content (AvgIpc) is 3.24. The number of methoxy groups -OCH3 is 2. The van der Waals surface area contributed by atoms with Crippen molar-refractivity contribution in [2.45, 2.75) is 18.9 Å². The fraction of sp³-hybridized carbons (Fsp3) is 0.172. The van der Waals surface area contributed by atoms with Gasteiger partial charge in [-0.1, -0.05) is 41.7 Å². The smallest absolute Gasteiger partial charge is 0.271 e. The molecule has 3 aromatic carbocycles. The van der Waals surface area contributed by atoms with Crippen LogP contribution in [0, 0.1) is 7.14 Å². The van der Waals surface area contributed by atoms with E-state index in [0.717, 1.165) is 47.9 Å². The van der Waals surface area contributed by atoms with Crippen LogP contribution < -0.4 is 24.4 Å². The Labute approximate surface area is 250 Å². The summed E-state index contributed by atoms with van der Waals surface area (Å²) >= 11 is 5.60. The minimum absolute atomic E-state index is 0.0861. The van der Waals surface area contributed by atoms with Crippen LogP contribution in [0.3, 0.4) is 0 Å². The standard InChI is InChI=1S/C29H22I2N2O4S/c1-36-22-10-8-17(14-23(22)37-2)26-19-9-7-16-5-3-4-6-18(16)25(19)32-29-33(26)28(35)24(38-29)13-15-11-20(30)27(34)21(31)12-15/h3-6,8,10-14,26,34H,7,9H2,1-2H3/b24-13+. The van der Waals surface area contributed by atoms with Crippen LogP contribution in [0.25, 0.3) is 11.8 Å². The summed E-state index contributed by atoms with van der Waals surface area (Å²) in [6.45, 7) is 0. The van der Waals surface area contributed by atoms with E-state index < -0.39 is 0 Å². The Morgan fingerprint density at radius 2 is 1.76 bits per heavy atom. The number of aromatic nitrogens is 1. The second kappa shape index (κ2) is 10.2. The normalized spacial score (nSPS) is 16.4. The van der Waals surface area contributed by atoms with Crippen LogP contribution >= 0.6 is 56.5 Å². The number of aryl methyl sites for hydroxylation is 1. The van der Waals surface area contributed by atoms with Crippen LogP contribution in [0.4, 0.5) is 0 Å². The molecule has 1 atom stereocenters. The third-order valence-electron chi connectivity index (χ3n) is 6.93. The van der Waals surface area contributed by atoms with Gasteiger partial charge in [0.25, 0.3) is 5.56 Å². The van der Waals surface area contributed by atoms with Crippen molar-refractivity contribution < 1.29 is 14.6 Å². The molecule has 0 bridgehead atoms. The fourth-order valence-corrected chi connectivity index (χ4v) is 7.98. The van der Waals surface area contributed by atoms with Crippen molar-refractivity contribution in [1.29, 1.82) is 0 Å². The summed E-state index contributed by atoms with van der Waals surface area (Å²) in [5.74, 6) is 1.52. The number of benzene rings is 3. The Kier molecular flexibility index (Phi) is 6.85. The highest BCUT2D eigenvalue weighted by Crippen LogP contribution is 2.42. The molecule has 9 heteroatoms. The molecule has 192 valence electrons. The number of rotatable bonds is 4. The van der Waals surface area contributed by atoms with Gasteiger partial charge >= 0.3 is 0 Å². The van der Waals surface area contributed by atoms with Gasteiger partial charge in [0, 0.05) is 5.56 Å². The van der Waals surface area contributed by atoms with Crippen molar-refractivity contribution in [3.8, 4) is 17.2 Å². The lowest BCUT2D eigenvalue weighted by molar-refractivity contribution is 0.354. The highest BCUT2D eigenvalue weighted by molar-refractivity contribution is 14.1. The molecule has 0 saturated heterocycles. The second-order valence-corrected chi connectivity index (χ2v) is 12.4. The van der Waals surface area contributed by atoms with Crippen LogP contribution in [0.2, 0.25) is 0 Å². The molecule has 6 nitrogen and oxygen atoms in total. The van der Waals surface area contributed by atoms with Gasteiger partial charge in [-0.15, -0.1) is 0 Å². The third-order valence-corrected chi connectivity index (χ3v) is 9.56. The minimum Gasteiger partial charge on any atom is -0.506 e. The van der Waals surface area contributed by atoms with Crippen molar-refractivity contribution in [3.63, 3.8) is 0 Å². The summed E-state index contributed by atoms with van der Waals surface area (Å²) in [6.07, 6.45) is 3.59. The van der Waals surface area contributed by atoms with Crippen molar-refractivity contribution in [3.05, 3.63) is 109 Å². The Morgan fingerprint density at radius 3 is 2.50 bits per heavy atom. The number of nitrogens with zero attached hydrogens (tertiary/aromatic N) is 2. The van der Waals surface area contributed by atoms with E-state index in [0.29, 0.717) is 20.8 Å². The maximum Gasteiger partial charge on any atom is 0.271 e. The molecule has 4 aromatic rings. The highest BCUT2D eigenvalue weighted by atomic mass is 127. The summed E-state index contributed by atoms with van der Waals surface area (Å²) in [5.41, 5.74) is 6.20.